The van der Waals surface area contributed by atoms with Gasteiger partial charge in [0.05, 0.1) is 11.7 Å². The van der Waals surface area contributed by atoms with E-state index < -0.39 is 0 Å². The lowest BCUT2D eigenvalue weighted by atomic mass is 10.1. The molecule has 0 spiro atoms. The lowest BCUT2D eigenvalue weighted by Gasteiger charge is -2.17. The standard InChI is InChI=1S/C14H17N3O/c1-9-3-2-4-12(9)16-14(18)10-5-6-11-8-15-17-13(11)7-10/h5-9,12H,2-4H2,1H3,(H,15,17)(H,16,18). The van der Waals surface area contributed by atoms with Gasteiger partial charge < -0.3 is 5.32 Å². The number of aromatic amines is 1. The maximum absolute atomic E-state index is 12.2. The Bertz CT molecular complexity index is 575. The second-order valence-electron chi connectivity index (χ2n) is 5.16. The molecule has 0 aliphatic heterocycles. The summed E-state index contributed by atoms with van der Waals surface area (Å²) in [6.45, 7) is 2.20. The van der Waals surface area contributed by atoms with E-state index in [0.29, 0.717) is 17.5 Å². The average Bonchev–Trinajstić information content (AvgIpc) is 2.98. The maximum atomic E-state index is 12.2. The number of amides is 1. The van der Waals surface area contributed by atoms with Crippen molar-refractivity contribution in [3.63, 3.8) is 0 Å². The summed E-state index contributed by atoms with van der Waals surface area (Å²) in [6, 6.07) is 5.96. The Labute approximate surface area is 106 Å². The molecule has 0 saturated heterocycles. The quantitative estimate of drug-likeness (QED) is 0.851. The van der Waals surface area contributed by atoms with Gasteiger partial charge in [-0.05, 0) is 30.9 Å². The van der Waals surface area contributed by atoms with Crippen LogP contribution in [0.15, 0.2) is 24.4 Å². The highest BCUT2D eigenvalue weighted by Gasteiger charge is 2.25. The van der Waals surface area contributed by atoms with Crippen molar-refractivity contribution < 1.29 is 4.79 Å². The maximum Gasteiger partial charge on any atom is 0.251 e. The second kappa shape index (κ2) is 4.44. The molecular weight excluding hydrogens is 226 g/mol. The van der Waals surface area contributed by atoms with E-state index in [9.17, 15) is 4.79 Å². The molecule has 2 N–H and O–H groups in total. The number of hydrogen-bond donors (Lipinski definition) is 2. The highest BCUT2D eigenvalue weighted by Crippen LogP contribution is 2.25. The fourth-order valence-corrected chi connectivity index (χ4v) is 2.69. The molecule has 4 heteroatoms. The number of carbonyl (C=O) groups is 1. The molecule has 2 aromatic rings. The molecule has 2 atom stereocenters. The molecule has 1 saturated carbocycles. The van der Waals surface area contributed by atoms with Gasteiger partial charge in [0.25, 0.3) is 5.91 Å². The van der Waals surface area contributed by atoms with Crippen LogP contribution in [-0.2, 0) is 0 Å². The number of carbonyl (C=O) groups excluding carboxylic acids is 1. The molecule has 1 fully saturated rings. The summed E-state index contributed by atoms with van der Waals surface area (Å²) < 4.78 is 0. The van der Waals surface area contributed by atoms with Gasteiger partial charge in [-0.2, -0.15) is 5.10 Å². The van der Waals surface area contributed by atoms with Crippen LogP contribution in [0.2, 0.25) is 0 Å². The molecule has 18 heavy (non-hydrogen) atoms. The first-order valence-electron chi connectivity index (χ1n) is 6.48. The van der Waals surface area contributed by atoms with Gasteiger partial charge in [-0.25, -0.2) is 0 Å². The number of nitrogens with zero attached hydrogens (tertiary/aromatic N) is 1. The predicted molar refractivity (Wildman–Crippen MR) is 70.4 cm³/mol. The molecule has 1 aromatic heterocycles. The Morgan fingerprint density at radius 3 is 3.11 bits per heavy atom. The lowest BCUT2D eigenvalue weighted by Crippen LogP contribution is -2.36. The number of nitrogens with one attached hydrogen (secondary N) is 2. The molecule has 3 rings (SSSR count). The topological polar surface area (TPSA) is 57.8 Å². The summed E-state index contributed by atoms with van der Waals surface area (Å²) in [5.41, 5.74) is 1.60. The average molecular weight is 243 g/mol. The third-order valence-corrected chi connectivity index (χ3v) is 3.88. The number of rotatable bonds is 2. The van der Waals surface area contributed by atoms with Crippen molar-refractivity contribution in [3.8, 4) is 0 Å². The first kappa shape index (κ1) is 11.3. The number of aromatic nitrogens is 2. The number of fused-ring (bicyclic) bond motifs is 1. The highest BCUT2D eigenvalue weighted by atomic mass is 16.1. The molecule has 2 unspecified atom stereocenters. The smallest absolute Gasteiger partial charge is 0.251 e. The minimum atomic E-state index is 0.0188. The molecule has 0 radical (unpaired) electrons. The van der Waals surface area contributed by atoms with E-state index in [-0.39, 0.29) is 5.91 Å². The Hall–Kier alpha value is -1.84. The Kier molecular flexibility index (Phi) is 2.78. The monoisotopic (exact) mass is 243 g/mol. The zero-order valence-corrected chi connectivity index (χ0v) is 10.4. The van der Waals surface area contributed by atoms with E-state index in [1.54, 1.807) is 6.20 Å². The zero-order chi connectivity index (χ0) is 12.5. The normalized spacial score (nSPS) is 23.4. The van der Waals surface area contributed by atoms with Gasteiger partial charge in [0.15, 0.2) is 0 Å². The third-order valence-electron chi connectivity index (χ3n) is 3.88. The summed E-state index contributed by atoms with van der Waals surface area (Å²) in [5, 5.41) is 11.0. The fraction of sp³-hybridized carbons (Fsp3) is 0.429. The van der Waals surface area contributed by atoms with Crippen LogP contribution >= 0.6 is 0 Å². The van der Waals surface area contributed by atoms with Gasteiger partial charge in [0.2, 0.25) is 0 Å². The fourth-order valence-electron chi connectivity index (χ4n) is 2.69. The Morgan fingerprint density at radius 1 is 1.44 bits per heavy atom. The van der Waals surface area contributed by atoms with Crippen LogP contribution < -0.4 is 5.32 Å². The summed E-state index contributed by atoms with van der Waals surface area (Å²) >= 11 is 0. The van der Waals surface area contributed by atoms with E-state index in [4.69, 9.17) is 0 Å². The van der Waals surface area contributed by atoms with Crippen molar-refractivity contribution >= 4 is 16.8 Å². The van der Waals surface area contributed by atoms with Crippen molar-refractivity contribution in [3.05, 3.63) is 30.0 Å². The molecule has 1 aromatic carbocycles. The molecule has 1 heterocycles. The third kappa shape index (κ3) is 1.98. The van der Waals surface area contributed by atoms with Crippen LogP contribution in [0.3, 0.4) is 0 Å². The number of benzene rings is 1. The minimum absolute atomic E-state index is 0.0188. The van der Waals surface area contributed by atoms with Gasteiger partial charge in [-0.1, -0.05) is 19.4 Å². The summed E-state index contributed by atoms with van der Waals surface area (Å²) in [6.07, 6.45) is 5.28. The SMILES string of the molecule is CC1CCCC1NC(=O)c1ccc2cn[nH]c2c1. The first-order chi connectivity index (χ1) is 8.74. The number of H-pyrrole nitrogens is 1. The largest absolute Gasteiger partial charge is 0.349 e. The van der Waals surface area contributed by atoms with Gasteiger partial charge in [-0.3, -0.25) is 9.89 Å². The molecule has 94 valence electrons. The minimum Gasteiger partial charge on any atom is -0.349 e. The van der Waals surface area contributed by atoms with Crippen LogP contribution in [0, 0.1) is 5.92 Å². The van der Waals surface area contributed by atoms with Gasteiger partial charge in [-0.15, -0.1) is 0 Å². The van der Waals surface area contributed by atoms with Crippen molar-refractivity contribution in [1.29, 1.82) is 0 Å². The predicted octanol–water partition coefficient (Wildman–Crippen LogP) is 2.48. The van der Waals surface area contributed by atoms with Crippen LogP contribution in [0.5, 0.6) is 0 Å². The van der Waals surface area contributed by atoms with Crippen molar-refractivity contribution in [2.24, 2.45) is 5.92 Å². The highest BCUT2D eigenvalue weighted by molar-refractivity contribution is 5.97. The number of hydrogen-bond acceptors (Lipinski definition) is 2. The van der Waals surface area contributed by atoms with Gasteiger partial charge in [0, 0.05) is 17.0 Å². The molecule has 1 amide bonds. The van der Waals surface area contributed by atoms with E-state index in [1.165, 1.54) is 12.8 Å². The van der Waals surface area contributed by atoms with Crippen LogP contribution in [-0.4, -0.2) is 22.1 Å². The van der Waals surface area contributed by atoms with E-state index in [1.807, 2.05) is 18.2 Å². The van der Waals surface area contributed by atoms with Gasteiger partial charge >= 0.3 is 0 Å². The zero-order valence-electron chi connectivity index (χ0n) is 10.4. The summed E-state index contributed by atoms with van der Waals surface area (Å²) in [4.78, 5) is 12.2. The van der Waals surface area contributed by atoms with Gasteiger partial charge in [0.1, 0.15) is 0 Å². The molecule has 4 nitrogen and oxygen atoms in total. The van der Waals surface area contributed by atoms with E-state index in [0.717, 1.165) is 17.3 Å². The van der Waals surface area contributed by atoms with E-state index in [2.05, 4.69) is 22.4 Å². The lowest BCUT2D eigenvalue weighted by molar-refractivity contribution is 0.0930. The van der Waals surface area contributed by atoms with Crippen LogP contribution in [0.25, 0.3) is 10.9 Å². The van der Waals surface area contributed by atoms with Crippen molar-refractivity contribution in [2.45, 2.75) is 32.2 Å². The summed E-state index contributed by atoms with van der Waals surface area (Å²) in [5.74, 6) is 0.607. The molecule has 0 bridgehead atoms. The van der Waals surface area contributed by atoms with Crippen LogP contribution in [0.4, 0.5) is 0 Å². The van der Waals surface area contributed by atoms with Crippen molar-refractivity contribution in [1.82, 2.24) is 15.5 Å². The van der Waals surface area contributed by atoms with Crippen LogP contribution in [0.1, 0.15) is 36.5 Å². The first-order valence-corrected chi connectivity index (χ1v) is 6.48. The Morgan fingerprint density at radius 2 is 2.33 bits per heavy atom. The Balaban J connectivity index is 1.78. The van der Waals surface area contributed by atoms with Crippen molar-refractivity contribution in [2.75, 3.05) is 0 Å². The second-order valence-corrected chi connectivity index (χ2v) is 5.16. The molecule has 1 aliphatic rings. The summed E-state index contributed by atoms with van der Waals surface area (Å²) in [7, 11) is 0. The molecular formula is C14H17N3O. The van der Waals surface area contributed by atoms with E-state index >= 15 is 0 Å². The molecule has 1 aliphatic carbocycles.